The quantitative estimate of drug-likeness (QED) is 0.605. The van der Waals surface area contributed by atoms with E-state index in [0.29, 0.717) is 10.8 Å². The maximum Gasteiger partial charge on any atom is 0.328 e. The third kappa shape index (κ3) is 1.92. The van der Waals surface area contributed by atoms with Gasteiger partial charge in [-0.1, -0.05) is 6.07 Å². The van der Waals surface area contributed by atoms with Crippen LogP contribution in [-0.2, 0) is 4.84 Å². The molecule has 0 saturated carbocycles. The Morgan fingerprint density at radius 1 is 1.54 bits per heavy atom. The zero-order chi connectivity index (χ0) is 9.84. The van der Waals surface area contributed by atoms with E-state index in [1.54, 1.807) is 12.1 Å². The third-order valence-electron chi connectivity index (χ3n) is 1.51. The van der Waals surface area contributed by atoms with Gasteiger partial charge in [0.05, 0.1) is 4.91 Å². The monoisotopic (exact) mass is 244 g/mol. The van der Waals surface area contributed by atoms with Crippen molar-refractivity contribution in [1.29, 1.82) is 0 Å². The van der Waals surface area contributed by atoms with E-state index < -0.39 is 0 Å². The van der Waals surface area contributed by atoms with Crippen molar-refractivity contribution in [3.63, 3.8) is 0 Å². The molecule has 68 valence electrons. The van der Waals surface area contributed by atoms with Gasteiger partial charge in [-0.2, -0.15) is 0 Å². The van der Waals surface area contributed by atoms with Crippen LogP contribution in [0.4, 0.5) is 5.69 Å². The topological polar surface area (TPSA) is 46.4 Å². The summed E-state index contributed by atoms with van der Waals surface area (Å²) in [5, 5.41) is 0. The Morgan fingerprint density at radius 3 is 2.77 bits per heavy atom. The highest BCUT2D eigenvalue weighted by molar-refractivity contribution is 9.10. The van der Waals surface area contributed by atoms with E-state index in [9.17, 15) is 9.70 Å². The molecule has 0 heterocycles. The van der Waals surface area contributed by atoms with Crippen molar-refractivity contribution < 1.29 is 14.6 Å². The summed E-state index contributed by atoms with van der Waals surface area (Å²) < 4.78 is 0.568. The molecule has 0 fully saturated rings. The fourth-order valence-electron chi connectivity index (χ4n) is 0.900. The molecule has 0 spiro atoms. The van der Waals surface area contributed by atoms with Gasteiger partial charge in [0, 0.05) is 10.5 Å². The molecule has 0 bridgehead atoms. The van der Waals surface area contributed by atoms with Gasteiger partial charge in [0.15, 0.2) is 13.4 Å². The van der Waals surface area contributed by atoms with Crippen molar-refractivity contribution in [3.05, 3.63) is 33.1 Å². The molecule has 0 aromatic heterocycles. The van der Waals surface area contributed by atoms with Crippen LogP contribution in [0.3, 0.4) is 0 Å². The molecule has 0 aliphatic carbocycles. The second-order valence-electron chi connectivity index (χ2n) is 2.23. The average molecular weight is 245 g/mol. The molecule has 5 heteroatoms. The van der Waals surface area contributed by atoms with Crippen LogP contribution < -0.4 is 0 Å². The van der Waals surface area contributed by atoms with E-state index in [2.05, 4.69) is 20.8 Å². The van der Waals surface area contributed by atoms with Crippen LogP contribution in [0.15, 0.2) is 22.7 Å². The predicted molar refractivity (Wildman–Crippen MR) is 49.8 cm³/mol. The van der Waals surface area contributed by atoms with Gasteiger partial charge in [0.1, 0.15) is 5.56 Å². The normalized spacial score (nSPS) is 9.38. The van der Waals surface area contributed by atoms with Gasteiger partial charge in [-0.3, -0.25) is 4.79 Å². The summed E-state index contributed by atoms with van der Waals surface area (Å²) in [6.07, 6.45) is 0.601. The first-order chi connectivity index (χ1) is 6.20. The molecule has 0 radical (unpaired) electrons. The smallest absolute Gasteiger partial charge is 0.298 e. The second-order valence-corrected chi connectivity index (χ2v) is 3.08. The SMILES string of the molecule is CO[N+](=O)c1cccc(Br)c1C=O. The largest absolute Gasteiger partial charge is 0.328 e. The van der Waals surface area contributed by atoms with Crippen LogP contribution in [-0.4, -0.2) is 18.3 Å². The molecule has 1 aromatic rings. The highest BCUT2D eigenvalue weighted by Gasteiger charge is 2.21. The standard InChI is InChI=1S/C8H7BrNO3/c1-13-10(12)8-4-2-3-7(9)6(8)5-11/h2-5H,1H3/q+1. The highest BCUT2D eigenvalue weighted by atomic mass is 79.9. The first-order valence-electron chi connectivity index (χ1n) is 3.45. The maximum absolute atomic E-state index is 11.1. The molecule has 0 unspecified atom stereocenters. The summed E-state index contributed by atoms with van der Waals surface area (Å²) in [7, 11) is 1.24. The summed E-state index contributed by atoms with van der Waals surface area (Å²) in [4.78, 5) is 26.4. The molecular formula is C8H7BrNO3+. The summed E-state index contributed by atoms with van der Waals surface area (Å²) in [6, 6.07) is 4.83. The van der Waals surface area contributed by atoms with Crippen LogP contribution in [0.2, 0.25) is 0 Å². The van der Waals surface area contributed by atoms with Gasteiger partial charge in [0.25, 0.3) is 4.92 Å². The molecule has 0 atom stereocenters. The van der Waals surface area contributed by atoms with Crippen LogP contribution in [0.25, 0.3) is 0 Å². The molecule has 0 aliphatic rings. The van der Waals surface area contributed by atoms with Gasteiger partial charge in [-0.25, -0.2) is 4.84 Å². The number of halogens is 1. The zero-order valence-electron chi connectivity index (χ0n) is 6.86. The van der Waals surface area contributed by atoms with E-state index in [-0.39, 0.29) is 16.2 Å². The van der Waals surface area contributed by atoms with Gasteiger partial charge in [-0.05, 0) is 22.0 Å². The first kappa shape index (κ1) is 9.85. The molecule has 0 N–H and O–H groups in total. The van der Waals surface area contributed by atoms with Crippen LogP contribution >= 0.6 is 15.9 Å². The average Bonchev–Trinajstić information content (AvgIpc) is 2.16. The van der Waals surface area contributed by atoms with E-state index in [4.69, 9.17) is 0 Å². The molecule has 0 saturated heterocycles. The molecule has 0 aliphatic heterocycles. The number of hydrogen-bond donors (Lipinski definition) is 0. The minimum absolute atomic E-state index is 0.187. The van der Waals surface area contributed by atoms with Crippen LogP contribution in [0.5, 0.6) is 0 Å². The van der Waals surface area contributed by atoms with E-state index in [0.717, 1.165) is 0 Å². The third-order valence-corrected chi connectivity index (χ3v) is 2.20. The lowest BCUT2D eigenvalue weighted by Crippen LogP contribution is -2.01. The summed E-state index contributed by atoms with van der Waals surface area (Å²) in [6.45, 7) is 0. The second kappa shape index (κ2) is 4.13. The Labute approximate surface area is 83.2 Å². The fraction of sp³-hybridized carbons (Fsp3) is 0.125. The van der Waals surface area contributed by atoms with Crippen molar-refractivity contribution in [2.75, 3.05) is 7.11 Å². The minimum Gasteiger partial charge on any atom is -0.298 e. The Kier molecular flexibility index (Phi) is 3.13. The minimum atomic E-state index is 0.187. The van der Waals surface area contributed by atoms with Gasteiger partial charge < -0.3 is 0 Å². The summed E-state index contributed by atoms with van der Waals surface area (Å²) in [5.74, 6) is 0. The number of hydrogen-bond acceptors (Lipinski definition) is 3. The van der Waals surface area contributed by atoms with Crippen molar-refractivity contribution in [1.82, 2.24) is 0 Å². The number of carbonyl (C=O) groups is 1. The highest BCUT2D eigenvalue weighted by Crippen LogP contribution is 2.24. The van der Waals surface area contributed by atoms with Crippen molar-refractivity contribution in [2.24, 2.45) is 0 Å². The van der Waals surface area contributed by atoms with Crippen LogP contribution in [0, 0.1) is 4.91 Å². The molecule has 0 amide bonds. The van der Waals surface area contributed by atoms with Crippen molar-refractivity contribution >= 4 is 27.9 Å². The lowest BCUT2D eigenvalue weighted by atomic mass is 10.2. The number of benzene rings is 1. The van der Waals surface area contributed by atoms with Gasteiger partial charge in [0.2, 0.25) is 0 Å². The van der Waals surface area contributed by atoms with Gasteiger partial charge >= 0.3 is 5.69 Å². The summed E-state index contributed by atoms with van der Waals surface area (Å²) in [5.41, 5.74) is 0.464. The molecule has 4 nitrogen and oxygen atoms in total. The fourth-order valence-corrected chi connectivity index (χ4v) is 1.35. The Hall–Kier alpha value is -1.23. The lowest BCUT2D eigenvalue weighted by molar-refractivity contribution is -0.736. The van der Waals surface area contributed by atoms with E-state index in [1.807, 2.05) is 0 Å². The van der Waals surface area contributed by atoms with Crippen LogP contribution in [0.1, 0.15) is 10.4 Å². The van der Waals surface area contributed by atoms with Crippen molar-refractivity contribution in [2.45, 2.75) is 0 Å². The lowest BCUT2D eigenvalue weighted by Gasteiger charge is -1.95. The molecule has 13 heavy (non-hydrogen) atoms. The summed E-state index contributed by atoms with van der Waals surface area (Å²) >= 11 is 3.15. The number of nitrogens with zero attached hydrogens (tertiary/aromatic N) is 1. The Balaban J connectivity index is 3.28. The van der Waals surface area contributed by atoms with E-state index >= 15 is 0 Å². The number of rotatable bonds is 3. The van der Waals surface area contributed by atoms with E-state index in [1.165, 1.54) is 13.2 Å². The Bertz CT molecular complexity index is 351. The first-order valence-corrected chi connectivity index (χ1v) is 4.25. The maximum atomic E-state index is 11.1. The molecule has 1 aromatic carbocycles. The van der Waals surface area contributed by atoms with Crippen molar-refractivity contribution in [3.8, 4) is 0 Å². The molecule has 1 rings (SSSR count). The molecular weight excluding hydrogens is 238 g/mol. The predicted octanol–water partition coefficient (Wildman–Crippen LogP) is 2.23. The Morgan fingerprint density at radius 2 is 2.23 bits per heavy atom. The number of aldehydes is 1. The number of carbonyl (C=O) groups excluding carboxylic acids is 1. The van der Waals surface area contributed by atoms with Gasteiger partial charge in [-0.15, -0.1) is 0 Å². The zero-order valence-corrected chi connectivity index (χ0v) is 8.45.